The zero-order valence-corrected chi connectivity index (χ0v) is 8.47. The van der Waals surface area contributed by atoms with E-state index in [1.165, 1.54) is 0 Å². The molecule has 0 aliphatic carbocycles. The number of aliphatic carboxylic acids is 1. The lowest BCUT2D eigenvalue weighted by atomic mass is 10.2. The fourth-order valence-corrected chi connectivity index (χ4v) is 1.54. The number of aromatic amines is 1. The molecule has 5 heteroatoms. The smallest absolute Gasteiger partial charge is 0.332 e. The maximum Gasteiger partial charge on any atom is 0.332 e. The van der Waals surface area contributed by atoms with E-state index >= 15 is 0 Å². The molecule has 2 aromatic rings. The molecule has 16 heavy (non-hydrogen) atoms. The summed E-state index contributed by atoms with van der Waals surface area (Å²) < 4.78 is 0. The number of nitrogens with one attached hydrogen (secondary N) is 1. The van der Waals surface area contributed by atoms with Crippen molar-refractivity contribution in [2.24, 2.45) is 0 Å². The van der Waals surface area contributed by atoms with Gasteiger partial charge in [0.05, 0.1) is 0 Å². The maximum atomic E-state index is 10.5. The molecule has 1 atom stereocenters. The van der Waals surface area contributed by atoms with E-state index in [4.69, 9.17) is 5.11 Å². The molecule has 5 nitrogen and oxygen atoms in total. The Morgan fingerprint density at radius 1 is 1.38 bits per heavy atom. The molecule has 2 rings (SSSR count). The van der Waals surface area contributed by atoms with Crippen LogP contribution in [0.2, 0.25) is 0 Å². The topological polar surface area (TPSA) is 105 Å². The summed E-state index contributed by atoms with van der Waals surface area (Å²) in [6, 6.07) is 9.50. The number of benzene rings is 1. The average molecular weight is 223 g/mol. The monoisotopic (exact) mass is 223 g/mol. The van der Waals surface area contributed by atoms with Crippen molar-refractivity contribution >= 4 is 16.9 Å². The van der Waals surface area contributed by atoms with Crippen molar-refractivity contribution in [3.63, 3.8) is 0 Å². The Balaban J connectivity index is 0.00000128. The Morgan fingerprint density at radius 2 is 2.06 bits per heavy atom. The first kappa shape index (κ1) is 12.2. The van der Waals surface area contributed by atoms with Crippen LogP contribution < -0.4 is 0 Å². The number of aromatic nitrogens is 1. The van der Waals surface area contributed by atoms with Crippen molar-refractivity contribution in [3.8, 4) is 0 Å². The number of aliphatic hydroxyl groups is 1. The van der Waals surface area contributed by atoms with Gasteiger partial charge in [-0.3, -0.25) is 0 Å². The lowest BCUT2D eigenvalue weighted by Crippen LogP contribution is -2.22. The summed E-state index contributed by atoms with van der Waals surface area (Å²) in [5, 5.41) is 18.8. The number of fused-ring (bicyclic) bond motifs is 1. The number of aliphatic hydroxyl groups excluding tert-OH is 1. The van der Waals surface area contributed by atoms with Gasteiger partial charge in [0.25, 0.3) is 0 Å². The second kappa shape index (κ2) is 4.78. The molecule has 0 amide bonds. The standard InChI is InChI=1S/C11H11NO3.H2O/c13-10(11(14)15)6-8-5-7-3-1-2-4-9(7)12-8;/h1-5,10,12-13H,6H2,(H,14,15);1H2. The van der Waals surface area contributed by atoms with Crippen LogP contribution in [0.1, 0.15) is 5.69 Å². The van der Waals surface area contributed by atoms with Crippen LogP contribution in [0.4, 0.5) is 0 Å². The van der Waals surface area contributed by atoms with E-state index < -0.39 is 12.1 Å². The zero-order valence-electron chi connectivity index (χ0n) is 8.47. The minimum atomic E-state index is -1.35. The van der Waals surface area contributed by atoms with E-state index in [2.05, 4.69) is 4.98 Å². The third-order valence-corrected chi connectivity index (χ3v) is 2.28. The molecule has 0 saturated heterocycles. The number of para-hydroxylation sites is 1. The molecule has 0 bridgehead atoms. The van der Waals surface area contributed by atoms with Gasteiger partial charge in [-0.15, -0.1) is 0 Å². The van der Waals surface area contributed by atoms with Crippen LogP contribution in [0, 0.1) is 0 Å². The predicted octanol–water partition coefficient (Wildman–Crippen LogP) is 0.331. The Bertz CT molecular complexity index is 458. The fraction of sp³-hybridized carbons (Fsp3) is 0.182. The molecular weight excluding hydrogens is 210 g/mol. The highest BCUT2D eigenvalue weighted by Crippen LogP contribution is 2.15. The van der Waals surface area contributed by atoms with Gasteiger partial charge < -0.3 is 20.7 Å². The van der Waals surface area contributed by atoms with Crippen molar-refractivity contribution in [2.75, 3.05) is 0 Å². The predicted molar refractivity (Wildman–Crippen MR) is 59.3 cm³/mol. The minimum absolute atomic E-state index is 0. The molecule has 0 saturated carbocycles. The molecule has 86 valence electrons. The number of rotatable bonds is 3. The molecule has 1 heterocycles. The SMILES string of the molecule is O.O=C(O)C(O)Cc1cc2ccccc2[nH]1. The van der Waals surface area contributed by atoms with E-state index in [1.54, 1.807) is 0 Å². The molecule has 5 N–H and O–H groups in total. The summed E-state index contributed by atoms with van der Waals surface area (Å²) >= 11 is 0. The van der Waals surface area contributed by atoms with Gasteiger partial charge in [0.15, 0.2) is 6.10 Å². The Kier molecular flexibility index (Phi) is 3.65. The van der Waals surface area contributed by atoms with Crippen LogP contribution in [-0.4, -0.2) is 32.7 Å². The normalized spacial score (nSPS) is 12.1. The number of carboxylic acid groups (broad SMARTS) is 1. The van der Waals surface area contributed by atoms with E-state index in [-0.39, 0.29) is 11.9 Å². The van der Waals surface area contributed by atoms with Crippen LogP contribution in [0.5, 0.6) is 0 Å². The van der Waals surface area contributed by atoms with Crippen LogP contribution in [0.15, 0.2) is 30.3 Å². The van der Waals surface area contributed by atoms with Crippen molar-refractivity contribution < 1.29 is 20.5 Å². The lowest BCUT2D eigenvalue weighted by molar-refractivity contribution is -0.146. The molecule has 0 fully saturated rings. The Morgan fingerprint density at radius 3 is 2.69 bits per heavy atom. The quantitative estimate of drug-likeness (QED) is 0.698. The molecule has 0 aliphatic heterocycles. The Labute approximate surface area is 91.6 Å². The second-order valence-corrected chi connectivity index (χ2v) is 3.44. The first-order chi connectivity index (χ1) is 7.16. The first-order valence-electron chi connectivity index (χ1n) is 4.64. The highest BCUT2D eigenvalue weighted by atomic mass is 16.4. The molecule has 1 unspecified atom stereocenters. The van der Waals surface area contributed by atoms with Crippen molar-refractivity contribution in [2.45, 2.75) is 12.5 Å². The van der Waals surface area contributed by atoms with Gasteiger partial charge in [-0.25, -0.2) is 4.79 Å². The first-order valence-corrected chi connectivity index (χ1v) is 4.64. The summed E-state index contributed by atoms with van der Waals surface area (Å²) in [7, 11) is 0. The van der Waals surface area contributed by atoms with Gasteiger partial charge in [0.2, 0.25) is 0 Å². The molecule has 0 spiro atoms. The van der Waals surface area contributed by atoms with Gasteiger partial charge >= 0.3 is 5.97 Å². The summed E-state index contributed by atoms with van der Waals surface area (Å²) in [6.07, 6.45) is -1.25. The number of carboxylic acids is 1. The van der Waals surface area contributed by atoms with Gasteiger partial charge in [-0.1, -0.05) is 18.2 Å². The van der Waals surface area contributed by atoms with E-state index in [0.717, 1.165) is 16.6 Å². The van der Waals surface area contributed by atoms with Gasteiger partial charge in [-0.05, 0) is 17.5 Å². The van der Waals surface area contributed by atoms with Gasteiger partial charge in [0, 0.05) is 17.6 Å². The van der Waals surface area contributed by atoms with Crippen molar-refractivity contribution in [1.82, 2.24) is 4.98 Å². The molecule has 0 aliphatic rings. The summed E-state index contributed by atoms with van der Waals surface area (Å²) in [4.78, 5) is 13.5. The van der Waals surface area contributed by atoms with Crippen LogP contribution >= 0.6 is 0 Å². The zero-order chi connectivity index (χ0) is 10.8. The van der Waals surface area contributed by atoms with Gasteiger partial charge in [-0.2, -0.15) is 0 Å². The number of H-pyrrole nitrogens is 1. The summed E-state index contributed by atoms with van der Waals surface area (Å²) in [5.41, 5.74) is 1.68. The molecule has 0 radical (unpaired) electrons. The maximum absolute atomic E-state index is 10.5. The number of hydrogen-bond donors (Lipinski definition) is 3. The van der Waals surface area contributed by atoms with E-state index in [1.807, 2.05) is 30.3 Å². The van der Waals surface area contributed by atoms with Crippen molar-refractivity contribution in [3.05, 3.63) is 36.0 Å². The fourth-order valence-electron chi connectivity index (χ4n) is 1.54. The van der Waals surface area contributed by atoms with Crippen LogP contribution in [0.3, 0.4) is 0 Å². The molecule has 1 aromatic heterocycles. The number of carbonyl (C=O) groups is 1. The van der Waals surface area contributed by atoms with E-state index in [9.17, 15) is 9.90 Å². The van der Waals surface area contributed by atoms with Crippen LogP contribution in [0.25, 0.3) is 10.9 Å². The summed E-state index contributed by atoms with van der Waals surface area (Å²) in [6.45, 7) is 0. The minimum Gasteiger partial charge on any atom is -0.479 e. The highest BCUT2D eigenvalue weighted by Gasteiger charge is 2.14. The average Bonchev–Trinajstić information content (AvgIpc) is 2.59. The summed E-state index contributed by atoms with van der Waals surface area (Å²) in [5.74, 6) is -1.20. The van der Waals surface area contributed by atoms with Gasteiger partial charge in [0.1, 0.15) is 0 Å². The highest BCUT2D eigenvalue weighted by molar-refractivity contribution is 5.80. The third-order valence-electron chi connectivity index (χ3n) is 2.28. The number of hydrogen-bond acceptors (Lipinski definition) is 2. The lowest BCUT2D eigenvalue weighted by Gasteiger charge is -2.01. The molecule has 1 aromatic carbocycles. The second-order valence-electron chi connectivity index (χ2n) is 3.44. The Hall–Kier alpha value is -1.85. The third kappa shape index (κ3) is 2.39. The largest absolute Gasteiger partial charge is 0.479 e. The van der Waals surface area contributed by atoms with Crippen LogP contribution in [-0.2, 0) is 11.2 Å². The molecular formula is C11H13NO4. The van der Waals surface area contributed by atoms with Crippen molar-refractivity contribution in [1.29, 1.82) is 0 Å². The van der Waals surface area contributed by atoms with E-state index in [0.29, 0.717) is 0 Å².